The average molecular weight is 314 g/mol. The monoisotopic (exact) mass is 314 g/mol. The highest BCUT2D eigenvalue weighted by Crippen LogP contribution is 2.19. The Labute approximate surface area is 133 Å². The summed E-state index contributed by atoms with van der Waals surface area (Å²) in [6.45, 7) is 7.10. The lowest BCUT2D eigenvalue weighted by Gasteiger charge is -2.14. The van der Waals surface area contributed by atoms with E-state index in [2.05, 4.69) is 51.8 Å². The zero-order chi connectivity index (χ0) is 15.5. The fourth-order valence-electron chi connectivity index (χ4n) is 2.30. The van der Waals surface area contributed by atoms with E-state index < -0.39 is 0 Å². The second kappa shape index (κ2) is 6.33. The zero-order valence-corrected chi connectivity index (χ0v) is 13.6. The van der Waals surface area contributed by atoms with Crippen molar-refractivity contribution >= 4 is 11.3 Å². The Morgan fingerprint density at radius 2 is 2.00 bits per heavy atom. The number of tetrazole rings is 1. The lowest BCUT2D eigenvalue weighted by atomic mass is 10.1. The van der Waals surface area contributed by atoms with Crippen LogP contribution in [0.3, 0.4) is 0 Å². The number of rotatable bonds is 5. The molecule has 0 amide bonds. The summed E-state index contributed by atoms with van der Waals surface area (Å²) >= 11 is 1.74. The Kier molecular flexibility index (Phi) is 4.26. The van der Waals surface area contributed by atoms with Crippen molar-refractivity contribution in [2.75, 3.05) is 0 Å². The van der Waals surface area contributed by atoms with E-state index in [1.807, 2.05) is 19.1 Å². The summed E-state index contributed by atoms with van der Waals surface area (Å²) in [4.78, 5) is 5.84. The van der Waals surface area contributed by atoms with Gasteiger partial charge >= 0.3 is 0 Å². The molecule has 7 heteroatoms. The number of aryl methyl sites for hydroxylation is 2. The molecule has 0 radical (unpaired) electrons. The van der Waals surface area contributed by atoms with E-state index in [1.54, 1.807) is 22.3 Å². The van der Waals surface area contributed by atoms with Gasteiger partial charge in [0, 0.05) is 17.5 Å². The molecule has 22 heavy (non-hydrogen) atoms. The van der Waals surface area contributed by atoms with Gasteiger partial charge in [-0.1, -0.05) is 12.1 Å². The topological polar surface area (TPSA) is 68.5 Å². The van der Waals surface area contributed by atoms with E-state index in [0.717, 1.165) is 22.9 Å². The molecule has 2 heterocycles. The van der Waals surface area contributed by atoms with Gasteiger partial charge in [0.2, 0.25) is 0 Å². The Bertz CT molecular complexity index is 732. The Morgan fingerprint density at radius 1 is 1.23 bits per heavy atom. The quantitative estimate of drug-likeness (QED) is 0.784. The standard InChI is InChI=1S/C15H18N6S/c1-10(16-8-15-11(2)22-12(3)18-15)13-4-6-14(7-5-13)21-9-17-19-20-21/h4-7,9-10,16H,8H2,1-3H3. The molecule has 3 aromatic rings. The maximum absolute atomic E-state index is 4.55. The molecule has 114 valence electrons. The highest BCUT2D eigenvalue weighted by atomic mass is 32.1. The molecule has 0 aliphatic rings. The van der Waals surface area contributed by atoms with Crippen LogP contribution in [-0.2, 0) is 6.54 Å². The summed E-state index contributed by atoms with van der Waals surface area (Å²) in [5.74, 6) is 0. The molecule has 1 unspecified atom stereocenters. The summed E-state index contributed by atoms with van der Waals surface area (Å²) in [6, 6.07) is 8.47. The molecular formula is C15H18N6S. The van der Waals surface area contributed by atoms with Gasteiger partial charge in [0.05, 0.1) is 16.4 Å². The molecule has 6 nitrogen and oxygen atoms in total. The molecule has 0 spiro atoms. The largest absolute Gasteiger partial charge is 0.305 e. The molecular weight excluding hydrogens is 296 g/mol. The molecule has 1 atom stereocenters. The summed E-state index contributed by atoms with van der Waals surface area (Å²) < 4.78 is 1.64. The summed E-state index contributed by atoms with van der Waals surface area (Å²) in [6.07, 6.45) is 1.59. The van der Waals surface area contributed by atoms with Gasteiger partial charge in [-0.3, -0.25) is 0 Å². The Hall–Kier alpha value is -2.12. The predicted molar refractivity (Wildman–Crippen MR) is 86.0 cm³/mol. The van der Waals surface area contributed by atoms with Crippen molar-refractivity contribution in [2.24, 2.45) is 0 Å². The van der Waals surface area contributed by atoms with Gasteiger partial charge in [0.1, 0.15) is 6.33 Å². The minimum absolute atomic E-state index is 0.254. The number of aromatic nitrogens is 5. The van der Waals surface area contributed by atoms with Crippen molar-refractivity contribution in [1.29, 1.82) is 0 Å². The second-order valence-corrected chi connectivity index (χ2v) is 6.59. The maximum atomic E-state index is 4.55. The van der Waals surface area contributed by atoms with Crippen LogP contribution in [0.4, 0.5) is 0 Å². The van der Waals surface area contributed by atoms with E-state index in [1.165, 1.54) is 10.4 Å². The van der Waals surface area contributed by atoms with Gasteiger partial charge in [-0.25, -0.2) is 9.67 Å². The van der Waals surface area contributed by atoms with E-state index in [9.17, 15) is 0 Å². The molecule has 1 N–H and O–H groups in total. The van der Waals surface area contributed by atoms with Gasteiger partial charge in [-0.05, 0) is 48.9 Å². The molecule has 0 aliphatic heterocycles. The summed E-state index contributed by atoms with van der Waals surface area (Å²) in [7, 11) is 0. The molecule has 2 aromatic heterocycles. The lowest BCUT2D eigenvalue weighted by Crippen LogP contribution is -2.18. The molecule has 1 aromatic carbocycles. The summed E-state index contributed by atoms with van der Waals surface area (Å²) in [5.41, 5.74) is 3.31. The van der Waals surface area contributed by atoms with Crippen molar-refractivity contribution in [3.8, 4) is 5.69 Å². The van der Waals surface area contributed by atoms with Gasteiger partial charge in [0.25, 0.3) is 0 Å². The molecule has 0 fully saturated rings. The highest BCUT2D eigenvalue weighted by Gasteiger charge is 2.09. The fourth-order valence-corrected chi connectivity index (χ4v) is 3.13. The van der Waals surface area contributed by atoms with Crippen LogP contribution in [0.25, 0.3) is 5.69 Å². The van der Waals surface area contributed by atoms with Crippen molar-refractivity contribution in [1.82, 2.24) is 30.5 Å². The van der Waals surface area contributed by atoms with E-state index in [-0.39, 0.29) is 6.04 Å². The normalized spacial score (nSPS) is 12.5. The zero-order valence-electron chi connectivity index (χ0n) is 12.8. The molecule has 0 aliphatic carbocycles. The molecule has 3 rings (SSSR count). The first-order valence-corrected chi connectivity index (χ1v) is 7.95. The summed E-state index contributed by atoms with van der Waals surface area (Å²) in [5, 5.41) is 15.8. The first-order valence-electron chi connectivity index (χ1n) is 7.13. The first kappa shape index (κ1) is 14.8. The number of hydrogen-bond acceptors (Lipinski definition) is 6. The minimum Gasteiger partial charge on any atom is -0.305 e. The first-order chi connectivity index (χ1) is 10.6. The van der Waals surface area contributed by atoms with Crippen molar-refractivity contribution < 1.29 is 0 Å². The van der Waals surface area contributed by atoms with Crippen LogP contribution in [0.1, 0.15) is 34.1 Å². The average Bonchev–Trinajstić information content (AvgIpc) is 3.15. The van der Waals surface area contributed by atoms with Gasteiger partial charge in [-0.15, -0.1) is 16.4 Å². The number of nitrogens with one attached hydrogen (secondary N) is 1. The molecule has 0 saturated heterocycles. The SMILES string of the molecule is Cc1nc(CNC(C)c2ccc(-n3cnnn3)cc2)c(C)s1. The minimum atomic E-state index is 0.254. The van der Waals surface area contributed by atoms with Crippen LogP contribution in [0.5, 0.6) is 0 Å². The number of thiazole rings is 1. The van der Waals surface area contributed by atoms with Crippen molar-refractivity contribution in [2.45, 2.75) is 33.4 Å². The highest BCUT2D eigenvalue weighted by molar-refractivity contribution is 7.11. The van der Waals surface area contributed by atoms with Crippen molar-refractivity contribution in [3.63, 3.8) is 0 Å². The van der Waals surface area contributed by atoms with Crippen LogP contribution in [0.2, 0.25) is 0 Å². The molecule has 0 bridgehead atoms. The number of benzene rings is 1. The maximum Gasteiger partial charge on any atom is 0.143 e. The van der Waals surface area contributed by atoms with Crippen LogP contribution < -0.4 is 5.32 Å². The smallest absolute Gasteiger partial charge is 0.143 e. The van der Waals surface area contributed by atoms with Gasteiger partial charge in [0.15, 0.2) is 0 Å². The van der Waals surface area contributed by atoms with Gasteiger partial charge < -0.3 is 5.32 Å². The van der Waals surface area contributed by atoms with E-state index in [0.29, 0.717) is 0 Å². The van der Waals surface area contributed by atoms with Crippen molar-refractivity contribution in [3.05, 3.63) is 51.7 Å². The fraction of sp³-hybridized carbons (Fsp3) is 0.333. The van der Waals surface area contributed by atoms with Gasteiger partial charge in [-0.2, -0.15) is 0 Å². The number of hydrogen-bond donors (Lipinski definition) is 1. The van der Waals surface area contributed by atoms with Crippen LogP contribution in [-0.4, -0.2) is 25.2 Å². The second-order valence-electron chi connectivity index (χ2n) is 5.18. The lowest BCUT2D eigenvalue weighted by molar-refractivity contribution is 0.567. The third-order valence-corrected chi connectivity index (χ3v) is 4.51. The van der Waals surface area contributed by atoms with Crippen LogP contribution in [0, 0.1) is 13.8 Å². The van der Waals surface area contributed by atoms with Crippen LogP contribution >= 0.6 is 11.3 Å². The number of nitrogens with zero attached hydrogens (tertiary/aromatic N) is 5. The predicted octanol–water partition coefficient (Wildman–Crippen LogP) is 2.59. The Balaban J connectivity index is 1.65. The third kappa shape index (κ3) is 3.20. The van der Waals surface area contributed by atoms with Crippen LogP contribution in [0.15, 0.2) is 30.6 Å². The van der Waals surface area contributed by atoms with E-state index in [4.69, 9.17) is 0 Å². The molecule has 0 saturated carbocycles. The van der Waals surface area contributed by atoms with E-state index >= 15 is 0 Å². The third-order valence-electron chi connectivity index (χ3n) is 3.58. The Morgan fingerprint density at radius 3 is 2.59 bits per heavy atom.